The predicted molar refractivity (Wildman–Crippen MR) is 186 cm³/mol. The van der Waals surface area contributed by atoms with Crippen LogP contribution in [-0.4, -0.2) is 19.5 Å². The van der Waals surface area contributed by atoms with Crippen LogP contribution in [0.2, 0.25) is 0 Å². The minimum Gasteiger partial charge on any atom is -0.309 e. The molecule has 0 saturated carbocycles. The highest BCUT2D eigenvalue weighted by molar-refractivity contribution is 6.09. The van der Waals surface area contributed by atoms with Gasteiger partial charge in [-0.3, -0.25) is 0 Å². The summed E-state index contributed by atoms with van der Waals surface area (Å²) in [6, 6.07) is 39.7. The summed E-state index contributed by atoms with van der Waals surface area (Å²) in [6.07, 6.45) is -9.05. The number of hydrogen-bond acceptors (Lipinski definition) is 3. The predicted octanol–water partition coefficient (Wildman–Crippen LogP) is 11.7. The molecule has 0 atom stereocenters. The van der Waals surface area contributed by atoms with E-state index in [0.29, 0.717) is 55.8 Å². The number of fused-ring (bicyclic) bond motifs is 3. The first-order valence-electron chi connectivity index (χ1n) is 15.8. The largest absolute Gasteiger partial charge is 0.416 e. The summed E-state index contributed by atoms with van der Waals surface area (Å²) in [5.74, 6) is 1.04. The normalized spacial score (nSPS) is 12.1. The Bertz CT molecular complexity index is 2480. The van der Waals surface area contributed by atoms with Gasteiger partial charge in [0.2, 0.25) is 0 Å². The molecule has 250 valence electrons. The van der Waals surface area contributed by atoms with Crippen molar-refractivity contribution in [3.05, 3.63) is 157 Å². The highest BCUT2D eigenvalue weighted by Gasteiger charge is 2.32. The quantitative estimate of drug-likeness (QED) is 0.169. The van der Waals surface area contributed by atoms with Crippen molar-refractivity contribution in [3.8, 4) is 51.0 Å². The van der Waals surface area contributed by atoms with Crippen molar-refractivity contribution in [3.63, 3.8) is 0 Å². The Labute approximate surface area is 287 Å². The standard InChI is InChI=1S/C41H24F6N4/c42-40(43,44)28-17-15-25(16-18-28)31-21-20-30(51-35-14-8-7-13-32(35)33-23-29(41(45,46)47)19-22-36(33)51)24-34(31)39-49-37(26-9-3-1-4-10-26)48-38(50-39)27-11-5-2-6-12-27/h1-24H. The van der Waals surface area contributed by atoms with Crippen LogP contribution in [0.25, 0.3) is 72.8 Å². The number of para-hydroxylation sites is 1. The van der Waals surface area contributed by atoms with Gasteiger partial charge in [0.05, 0.1) is 22.2 Å². The van der Waals surface area contributed by atoms with E-state index < -0.39 is 23.5 Å². The van der Waals surface area contributed by atoms with Crippen LogP contribution in [-0.2, 0) is 12.4 Å². The molecule has 51 heavy (non-hydrogen) atoms. The molecule has 0 aliphatic carbocycles. The molecule has 0 aliphatic rings. The third kappa shape index (κ3) is 5.99. The van der Waals surface area contributed by atoms with Gasteiger partial charge >= 0.3 is 12.4 Å². The average molecular weight is 687 g/mol. The summed E-state index contributed by atoms with van der Waals surface area (Å²) < 4.78 is 83.9. The summed E-state index contributed by atoms with van der Waals surface area (Å²) >= 11 is 0. The van der Waals surface area contributed by atoms with Crippen LogP contribution in [0.3, 0.4) is 0 Å². The molecule has 0 N–H and O–H groups in total. The molecule has 8 rings (SSSR count). The van der Waals surface area contributed by atoms with Gasteiger partial charge in [-0.2, -0.15) is 26.3 Å². The lowest BCUT2D eigenvalue weighted by Gasteiger charge is -2.16. The summed E-state index contributed by atoms with van der Waals surface area (Å²) in [5.41, 5.74) is 3.25. The fourth-order valence-electron chi connectivity index (χ4n) is 6.30. The number of benzene rings is 6. The molecule has 4 nitrogen and oxygen atoms in total. The van der Waals surface area contributed by atoms with Crippen LogP contribution >= 0.6 is 0 Å². The molecule has 2 heterocycles. The van der Waals surface area contributed by atoms with E-state index in [9.17, 15) is 26.3 Å². The zero-order valence-corrected chi connectivity index (χ0v) is 26.4. The second-order valence-electron chi connectivity index (χ2n) is 11.9. The van der Waals surface area contributed by atoms with E-state index in [2.05, 4.69) is 0 Å². The Morgan fingerprint density at radius 1 is 0.392 bits per heavy atom. The monoisotopic (exact) mass is 686 g/mol. The van der Waals surface area contributed by atoms with Crippen LogP contribution in [0.4, 0.5) is 26.3 Å². The Kier molecular flexibility index (Phi) is 7.67. The van der Waals surface area contributed by atoms with E-state index in [-0.39, 0.29) is 5.82 Å². The van der Waals surface area contributed by atoms with Crippen molar-refractivity contribution in [2.45, 2.75) is 12.4 Å². The van der Waals surface area contributed by atoms with Gasteiger partial charge in [0.15, 0.2) is 17.5 Å². The topological polar surface area (TPSA) is 43.6 Å². The third-order valence-corrected chi connectivity index (χ3v) is 8.72. The van der Waals surface area contributed by atoms with Gasteiger partial charge in [-0.15, -0.1) is 0 Å². The fraction of sp³-hybridized carbons (Fsp3) is 0.0488. The number of halogens is 6. The van der Waals surface area contributed by atoms with Crippen LogP contribution < -0.4 is 0 Å². The summed E-state index contributed by atoms with van der Waals surface area (Å²) in [6.45, 7) is 0. The molecule has 10 heteroatoms. The smallest absolute Gasteiger partial charge is 0.309 e. The molecule has 0 amide bonds. The molecule has 0 fully saturated rings. The first kappa shape index (κ1) is 31.9. The van der Waals surface area contributed by atoms with Gasteiger partial charge in [-0.1, -0.05) is 97.1 Å². The van der Waals surface area contributed by atoms with Gasteiger partial charge in [-0.25, -0.2) is 15.0 Å². The number of alkyl halides is 6. The second kappa shape index (κ2) is 12.2. The Morgan fingerprint density at radius 3 is 1.53 bits per heavy atom. The Hall–Kier alpha value is -6.29. The molecular weight excluding hydrogens is 662 g/mol. The number of rotatable bonds is 5. The maximum absolute atomic E-state index is 13.8. The molecule has 0 aliphatic heterocycles. The van der Waals surface area contributed by atoms with Crippen molar-refractivity contribution < 1.29 is 26.3 Å². The zero-order chi connectivity index (χ0) is 35.3. The van der Waals surface area contributed by atoms with E-state index >= 15 is 0 Å². The third-order valence-electron chi connectivity index (χ3n) is 8.72. The molecular formula is C41H24F6N4. The fourth-order valence-corrected chi connectivity index (χ4v) is 6.30. The van der Waals surface area contributed by atoms with Gasteiger partial charge in [0.25, 0.3) is 0 Å². The van der Waals surface area contributed by atoms with Crippen molar-refractivity contribution in [2.75, 3.05) is 0 Å². The van der Waals surface area contributed by atoms with E-state index in [0.717, 1.165) is 35.4 Å². The van der Waals surface area contributed by atoms with Gasteiger partial charge in [0, 0.05) is 33.2 Å². The molecule has 2 aromatic heterocycles. The minimum absolute atomic E-state index is 0.263. The Balaban J connectivity index is 1.41. The van der Waals surface area contributed by atoms with Crippen molar-refractivity contribution in [2.24, 2.45) is 0 Å². The second-order valence-corrected chi connectivity index (χ2v) is 11.9. The SMILES string of the molecule is FC(F)(F)c1ccc(-c2ccc(-n3c4ccccc4c4cc(C(F)(F)F)ccc43)cc2-c2nc(-c3ccccc3)nc(-c3ccccc3)n2)cc1. The molecule has 0 bridgehead atoms. The first-order chi connectivity index (χ1) is 24.5. The van der Waals surface area contributed by atoms with Gasteiger partial charge in [-0.05, 0) is 59.7 Å². The van der Waals surface area contributed by atoms with Crippen LogP contribution in [0.5, 0.6) is 0 Å². The highest BCUT2D eigenvalue weighted by Crippen LogP contribution is 2.40. The maximum atomic E-state index is 13.8. The van der Waals surface area contributed by atoms with E-state index in [1.165, 1.54) is 18.2 Å². The van der Waals surface area contributed by atoms with E-state index in [1.807, 2.05) is 83.4 Å². The van der Waals surface area contributed by atoms with Crippen LogP contribution in [0, 0.1) is 0 Å². The van der Waals surface area contributed by atoms with E-state index in [1.54, 1.807) is 24.3 Å². The van der Waals surface area contributed by atoms with Crippen molar-refractivity contribution >= 4 is 21.8 Å². The van der Waals surface area contributed by atoms with Gasteiger partial charge < -0.3 is 4.57 Å². The summed E-state index contributed by atoms with van der Waals surface area (Å²) in [4.78, 5) is 14.6. The van der Waals surface area contributed by atoms with Crippen LogP contribution in [0.15, 0.2) is 146 Å². The lowest BCUT2D eigenvalue weighted by atomic mass is 9.97. The lowest BCUT2D eigenvalue weighted by Crippen LogP contribution is -2.05. The molecule has 6 aromatic carbocycles. The summed E-state index contributed by atoms with van der Waals surface area (Å²) in [5, 5.41) is 1.05. The molecule has 8 aromatic rings. The molecule has 0 radical (unpaired) electrons. The average Bonchev–Trinajstić information content (AvgIpc) is 3.48. The van der Waals surface area contributed by atoms with Crippen molar-refractivity contribution in [1.29, 1.82) is 0 Å². The zero-order valence-electron chi connectivity index (χ0n) is 26.4. The number of hydrogen-bond donors (Lipinski definition) is 0. The molecule has 0 spiro atoms. The van der Waals surface area contributed by atoms with Crippen LogP contribution in [0.1, 0.15) is 11.1 Å². The van der Waals surface area contributed by atoms with Gasteiger partial charge in [0.1, 0.15) is 0 Å². The van der Waals surface area contributed by atoms with E-state index in [4.69, 9.17) is 15.0 Å². The maximum Gasteiger partial charge on any atom is 0.416 e. The molecule has 0 saturated heterocycles. The Morgan fingerprint density at radius 2 is 0.922 bits per heavy atom. The first-order valence-corrected chi connectivity index (χ1v) is 15.8. The number of aromatic nitrogens is 4. The molecule has 0 unspecified atom stereocenters. The summed E-state index contributed by atoms with van der Waals surface area (Å²) in [7, 11) is 0. The lowest BCUT2D eigenvalue weighted by molar-refractivity contribution is -0.138. The minimum atomic E-state index is -4.53. The van der Waals surface area contributed by atoms with Crippen molar-refractivity contribution in [1.82, 2.24) is 19.5 Å². The highest BCUT2D eigenvalue weighted by atomic mass is 19.4. The number of nitrogens with zero attached hydrogens (tertiary/aromatic N) is 4.